The van der Waals surface area contributed by atoms with E-state index in [0.717, 1.165) is 12.1 Å². The van der Waals surface area contributed by atoms with Crippen LogP contribution in [-0.2, 0) is 29.1 Å². The zero-order chi connectivity index (χ0) is 27.6. The molecule has 0 radical (unpaired) electrons. The third-order valence-electron chi connectivity index (χ3n) is 7.63. The SMILES string of the molecule is Cc1cc(F)c2c(c1)CC(CCC1Cc3cc(C[I-]c4ccc(C)c(Cl)c4F)cc(F)c3C1(F)F)C2(F)F. The van der Waals surface area contributed by atoms with Crippen molar-refractivity contribution in [3.05, 3.63) is 101 Å². The molecule has 0 fully saturated rings. The Bertz CT molecular complexity index is 1420. The van der Waals surface area contributed by atoms with Crippen LogP contribution in [0.15, 0.2) is 36.4 Å². The molecule has 3 aromatic carbocycles. The van der Waals surface area contributed by atoms with Gasteiger partial charge in [-0.25, -0.2) is 4.39 Å². The summed E-state index contributed by atoms with van der Waals surface area (Å²) in [4.78, 5) is 0. The summed E-state index contributed by atoms with van der Waals surface area (Å²) in [6.45, 7) is 3.30. The van der Waals surface area contributed by atoms with Crippen LogP contribution in [0.5, 0.6) is 0 Å². The third kappa shape index (κ3) is 4.73. The van der Waals surface area contributed by atoms with E-state index in [0.29, 0.717) is 24.7 Å². The first-order valence-corrected chi connectivity index (χ1v) is 15.2. The minimum absolute atomic E-state index is 0.0404. The van der Waals surface area contributed by atoms with E-state index in [2.05, 4.69) is 0 Å². The number of hydrogen-bond acceptors (Lipinski definition) is 0. The number of hydrogen-bond donors (Lipinski definition) is 0. The number of alkyl halides is 5. The Morgan fingerprint density at radius 3 is 1.97 bits per heavy atom. The van der Waals surface area contributed by atoms with Crippen LogP contribution < -0.4 is 21.2 Å². The first-order valence-electron chi connectivity index (χ1n) is 12.2. The number of halogens is 9. The van der Waals surface area contributed by atoms with Crippen molar-refractivity contribution in [3.63, 3.8) is 0 Å². The Morgan fingerprint density at radius 1 is 0.816 bits per heavy atom. The molecule has 0 aromatic heterocycles. The van der Waals surface area contributed by atoms with Gasteiger partial charge < -0.3 is 0 Å². The molecule has 0 spiro atoms. The summed E-state index contributed by atoms with van der Waals surface area (Å²) < 4.78 is 105. The van der Waals surface area contributed by atoms with Gasteiger partial charge in [0.05, 0.1) is 0 Å². The van der Waals surface area contributed by atoms with Crippen LogP contribution in [0.3, 0.4) is 0 Å². The fourth-order valence-corrected chi connectivity index (χ4v) is 8.38. The van der Waals surface area contributed by atoms with Crippen LogP contribution in [0.25, 0.3) is 0 Å². The molecule has 0 N–H and O–H groups in total. The van der Waals surface area contributed by atoms with Crippen molar-refractivity contribution in [2.45, 2.75) is 55.8 Å². The van der Waals surface area contributed by atoms with Gasteiger partial charge in [0.1, 0.15) is 0 Å². The summed E-state index contributed by atoms with van der Waals surface area (Å²) >= 11 is 5.04. The molecule has 0 nitrogen and oxygen atoms in total. The second kappa shape index (κ2) is 9.98. The van der Waals surface area contributed by atoms with Crippen LogP contribution in [0.1, 0.15) is 51.8 Å². The molecule has 204 valence electrons. The Kier molecular flexibility index (Phi) is 7.29. The van der Waals surface area contributed by atoms with E-state index in [1.807, 2.05) is 0 Å². The number of aryl methyl sites for hydroxylation is 2. The molecule has 5 rings (SSSR count). The van der Waals surface area contributed by atoms with Gasteiger partial charge in [-0.05, 0) is 18.6 Å². The summed E-state index contributed by atoms with van der Waals surface area (Å²) in [5, 5.41) is 0.0404. The molecule has 2 aliphatic carbocycles. The van der Waals surface area contributed by atoms with Gasteiger partial charge in [-0.2, -0.15) is 0 Å². The maximum atomic E-state index is 15.3. The van der Waals surface area contributed by atoms with E-state index in [9.17, 15) is 13.2 Å². The molecule has 0 heterocycles. The summed E-state index contributed by atoms with van der Waals surface area (Å²) in [6.07, 6.45) is -0.712. The molecule has 0 saturated heterocycles. The summed E-state index contributed by atoms with van der Waals surface area (Å²) in [5.41, 5.74) is 0.668. The monoisotopic (exact) mass is 667 g/mol. The van der Waals surface area contributed by atoms with E-state index in [1.54, 1.807) is 26.0 Å². The van der Waals surface area contributed by atoms with Gasteiger partial charge in [0.25, 0.3) is 0 Å². The van der Waals surface area contributed by atoms with Gasteiger partial charge in [0, 0.05) is 0 Å². The standard InChI is InChI=1S/C29H24ClF7I/c1-14-7-17-11-19(28(34,35)24(17)21(31)8-14)4-5-20-12-18-9-16(10-22(32)25(18)29(20,36)37)13-38-23-6-3-15(2)26(30)27(23)33/h3,6-10,19-20H,4-5,11-13H2,1-2H3/q-1. The molecule has 0 aliphatic heterocycles. The molecule has 0 saturated carbocycles. The normalized spacial score (nSPS) is 21.1. The third-order valence-corrected chi connectivity index (χ3v) is 11.0. The molecule has 2 atom stereocenters. The Hall–Kier alpha value is -1.81. The van der Waals surface area contributed by atoms with Crippen molar-refractivity contribution >= 4 is 11.6 Å². The minimum atomic E-state index is -3.51. The fourth-order valence-electron chi connectivity index (χ4n) is 5.73. The average molecular weight is 668 g/mol. The zero-order valence-corrected chi connectivity index (χ0v) is 23.5. The number of fused-ring (bicyclic) bond motifs is 2. The van der Waals surface area contributed by atoms with Crippen molar-refractivity contribution in [2.24, 2.45) is 11.8 Å². The quantitative estimate of drug-likeness (QED) is 0.134. The zero-order valence-electron chi connectivity index (χ0n) is 20.6. The molecule has 0 amide bonds. The molecular formula is C29H24ClF7I-. The summed E-state index contributed by atoms with van der Waals surface area (Å²) in [6, 6.07) is 8.51. The summed E-state index contributed by atoms with van der Waals surface area (Å²) in [7, 11) is 0. The second-order valence-electron chi connectivity index (χ2n) is 10.3. The average Bonchev–Trinajstić information content (AvgIpc) is 3.23. The van der Waals surface area contributed by atoms with Gasteiger partial charge in [0.15, 0.2) is 0 Å². The summed E-state index contributed by atoms with van der Waals surface area (Å²) in [5.74, 6) is -12.1. The van der Waals surface area contributed by atoms with Gasteiger partial charge >= 0.3 is 210 Å². The van der Waals surface area contributed by atoms with Crippen LogP contribution >= 0.6 is 11.6 Å². The van der Waals surface area contributed by atoms with Crippen LogP contribution in [0.2, 0.25) is 5.02 Å². The number of rotatable bonds is 6. The van der Waals surface area contributed by atoms with Gasteiger partial charge in [-0.15, -0.1) is 0 Å². The molecular weight excluding hydrogens is 644 g/mol. The van der Waals surface area contributed by atoms with E-state index < -0.39 is 73.5 Å². The van der Waals surface area contributed by atoms with Crippen molar-refractivity contribution in [3.8, 4) is 0 Å². The van der Waals surface area contributed by atoms with Gasteiger partial charge in [-0.3, -0.25) is 0 Å². The Labute approximate surface area is 231 Å². The molecule has 2 aliphatic rings. The Morgan fingerprint density at radius 2 is 1.37 bits per heavy atom. The van der Waals surface area contributed by atoms with Gasteiger partial charge in [-0.1, -0.05) is 0 Å². The first kappa shape index (κ1) is 27.7. The predicted molar refractivity (Wildman–Crippen MR) is 127 cm³/mol. The van der Waals surface area contributed by atoms with E-state index >= 15 is 17.6 Å². The van der Waals surface area contributed by atoms with Crippen molar-refractivity contribution < 1.29 is 51.9 Å². The molecule has 9 heteroatoms. The molecule has 3 aromatic rings. The van der Waals surface area contributed by atoms with E-state index in [1.165, 1.54) is 12.1 Å². The topological polar surface area (TPSA) is 0 Å². The van der Waals surface area contributed by atoms with Crippen LogP contribution in [0.4, 0.5) is 30.7 Å². The predicted octanol–water partition coefficient (Wildman–Crippen LogP) is 5.84. The van der Waals surface area contributed by atoms with Crippen molar-refractivity contribution in [2.75, 3.05) is 0 Å². The van der Waals surface area contributed by atoms with E-state index in [4.69, 9.17) is 11.6 Å². The van der Waals surface area contributed by atoms with Crippen molar-refractivity contribution in [1.82, 2.24) is 0 Å². The van der Waals surface area contributed by atoms with Crippen molar-refractivity contribution in [1.29, 1.82) is 0 Å². The van der Waals surface area contributed by atoms with E-state index in [-0.39, 0.29) is 41.8 Å². The molecule has 0 bridgehead atoms. The van der Waals surface area contributed by atoms with Crippen LogP contribution in [0, 0.1) is 46.7 Å². The Balaban J connectivity index is 1.31. The maximum absolute atomic E-state index is 15.3. The number of benzene rings is 3. The van der Waals surface area contributed by atoms with Gasteiger partial charge in [0.2, 0.25) is 0 Å². The second-order valence-corrected chi connectivity index (χ2v) is 13.3. The molecule has 38 heavy (non-hydrogen) atoms. The van der Waals surface area contributed by atoms with Crippen LogP contribution in [-0.4, -0.2) is 0 Å². The fraction of sp³-hybridized carbons (Fsp3) is 0.379. The first-order chi connectivity index (χ1) is 17.8. The molecule has 2 unspecified atom stereocenters.